The first-order valence-corrected chi connectivity index (χ1v) is 12.5. The summed E-state index contributed by atoms with van der Waals surface area (Å²) in [7, 11) is 1.93. The number of likely N-dealkylation sites (N-methyl/N-ethyl adjacent to an activating group) is 1. The number of fused-ring (bicyclic) bond motifs is 2. The normalized spacial score (nSPS) is 15.3. The van der Waals surface area contributed by atoms with Crippen LogP contribution in [-0.2, 0) is 21.5 Å². The first-order chi connectivity index (χ1) is 17.3. The number of aromatic nitrogens is 2. The number of aryl methyl sites for hydroxylation is 1. The minimum Gasteiger partial charge on any atom is -0.453 e. The Balaban J connectivity index is 1.53. The predicted octanol–water partition coefficient (Wildman–Crippen LogP) is 5.01. The molecule has 1 aliphatic heterocycles. The molecule has 7 nitrogen and oxygen atoms in total. The van der Waals surface area contributed by atoms with Crippen LogP contribution in [0, 0.1) is 0 Å². The molecule has 0 aliphatic carbocycles. The molecule has 0 saturated carbocycles. The summed E-state index contributed by atoms with van der Waals surface area (Å²) >= 11 is 0. The molecule has 4 rings (SSSR count). The first-order valence-electron chi connectivity index (χ1n) is 12.5. The lowest BCUT2D eigenvalue weighted by molar-refractivity contribution is -0.117. The van der Waals surface area contributed by atoms with E-state index in [0.29, 0.717) is 17.3 Å². The number of nitrogens with zero attached hydrogens (tertiary/aromatic N) is 3. The van der Waals surface area contributed by atoms with Crippen LogP contribution >= 0.6 is 0 Å². The van der Waals surface area contributed by atoms with Gasteiger partial charge >= 0.3 is 5.97 Å². The number of hydrogen-bond acceptors (Lipinski definition) is 6. The van der Waals surface area contributed by atoms with Crippen LogP contribution in [-0.4, -0.2) is 35.2 Å². The number of ether oxygens (including phenoxy) is 1. The van der Waals surface area contributed by atoms with Crippen molar-refractivity contribution in [3.63, 3.8) is 0 Å². The lowest BCUT2D eigenvalue weighted by atomic mass is 9.83. The third-order valence-electron chi connectivity index (χ3n) is 6.87. The minimum absolute atomic E-state index is 0.0480. The zero-order chi connectivity index (χ0) is 25.9. The Labute approximate surface area is 211 Å². The Hall–Kier alpha value is -3.74. The summed E-state index contributed by atoms with van der Waals surface area (Å²) in [5.41, 5.74) is 2.50. The van der Waals surface area contributed by atoms with E-state index in [1.54, 1.807) is 30.3 Å². The third-order valence-corrected chi connectivity index (χ3v) is 6.87. The lowest BCUT2D eigenvalue weighted by Gasteiger charge is -2.23. The molecule has 0 radical (unpaired) electrons. The fourth-order valence-corrected chi connectivity index (χ4v) is 4.88. The fourth-order valence-electron chi connectivity index (χ4n) is 4.88. The van der Waals surface area contributed by atoms with Gasteiger partial charge in [-0.05, 0) is 24.1 Å². The van der Waals surface area contributed by atoms with Crippen molar-refractivity contribution in [2.75, 3.05) is 18.6 Å². The van der Waals surface area contributed by atoms with Crippen molar-refractivity contribution in [3.05, 3.63) is 81.9 Å². The molecule has 0 saturated heterocycles. The Bertz CT molecular complexity index is 1390. The van der Waals surface area contributed by atoms with Gasteiger partial charge in [-0.2, -0.15) is 5.10 Å². The van der Waals surface area contributed by atoms with E-state index in [0.717, 1.165) is 42.6 Å². The summed E-state index contributed by atoms with van der Waals surface area (Å²) in [6.07, 6.45) is 5.49. The summed E-state index contributed by atoms with van der Waals surface area (Å²) in [5, 5.41) is 5.17. The number of unbranched alkanes of at least 4 members (excludes halogenated alkanes) is 3. The largest absolute Gasteiger partial charge is 0.453 e. The van der Waals surface area contributed by atoms with Gasteiger partial charge in [0.25, 0.3) is 5.56 Å². The van der Waals surface area contributed by atoms with Crippen molar-refractivity contribution in [3.8, 4) is 0 Å². The molecule has 7 heteroatoms. The van der Waals surface area contributed by atoms with Crippen LogP contribution in [0.25, 0.3) is 10.8 Å². The van der Waals surface area contributed by atoms with Crippen molar-refractivity contribution in [2.24, 2.45) is 0 Å². The summed E-state index contributed by atoms with van der Waals surface area (Å²) in [5.74, 6) is -1.04. The number of allylic oxidation sites excluding steroid dienone is 1. The fraction of sp³-hybridized carbons (Fsp3) is 0.379. The lowest BCUT2D eigenvalue weighted by Crippen LogP contribution is -2.27. The molecule has 188 valence electrons. The highest BCUT2D eigenvalue weighted by Crippen LogP contribution is 2.46. The highest BCUT2D eigenvalue weighted by atomic mass is 16.5. The number of carbonyl (C=O) groups is 2. The average molecular weight is 488 g/mol. The van der Waals surface area contributed by atoms with E-state index in [1.165, 1.54) is 4.68 Å². The number of para-hydroxylation sites is 1. The van der Waals surface area contributed by atoms with Crippen LogP contribution in [0.4, 0.5) is 5.69 Å². The molecule has 0 amide bonds. The number of rotatable bonds is 9. The molecule has 0 fully saturated rings. The number of ketones is 1. The van der Waals surface area contributed by atoms with Crippen LogP contribution < -0.4 is 10.5 Å². The number of carbonyl (C=O) groups excluding carboxylic acids is 2. The Morgan fingerprint density at radius 1 is 1.00 bits per heavy atom. The van der Waals surface area contributed by atoms with Gasteiger partial charge in [0, 0.05) is 41.9 Å². The van der Waals surface area contributed by atoms with Crippen molar-refractivity contribution in [1.82, 2.24) is 9.78 Å². The zero-order valence-electron chi connectivity index (χ0n) is 21.4. The summed E-state index contributed by atoms with van der Waals surface area (Å²) in [6.45, 7) is 6.28. The first kappa shape index (κ1) is 25.4. The van der Waals surface area contributed by atoms with E-state index in [2.05, 4.69) is 31.9 Å². The second-order valence-electron chi connectivity index (χ2n) is 9.76. The van der Waals surface area contributed by atoms with Gasteiger partial charge in [-0.25, -0.2) is 9.48 Å². The van der Waals surface area contributed by atoms with Gasteiger partial charge in [0.2, 0.25) is 0 Å². The standard InChI is InChI=1S/C29H33N3O4/c1-5-6-7-12-17-32-27(34)22-14-9-8-13-21(22)26(30-32)28(35)36-19-20(33)18-25-29(2,3)23-15-10-11-16-24(23)31(25)4/h8-11,13-16,18H,5-7,12,17,19H2,1-4H3. The zero-order valence-corrected chi connectivity index (χ0v) is 21.4. The molecule has 2 aromatic carbocycles. The van der Waals surface area contributed by atoms with Crippen molar-refractivity contribution in [1.29, 1.82) is 0 Å². The predicted molar refractivity (Wildman–Crippen MR) is 141 cm³/mol. The molecule has 1 aliphatic rings. The van der Waals surface area contributed by atoms with Crippen LogP contribution in [0.2, 0.25) is 0 Å². The van der Waals surface area contributed by atoms with E-state index in [1.807, 2.05) is 30.1 Å². The number of anilines is 1. The smallest absolute Gasteiger partial charge is 0.359 e. The molecule has 0 atom stereocenters. The maximum absolute atomic E-state index is 13.0. The van der Waals surface area contributed by atoms with Crippen molar-refractivity contribution < 1.29 is 14.3 Å². The highest BCUT2D eigenvalue weighted by Gasteiger charge is 2.38. The van der Waals surface area contributed by atoms with Crippen molar-refractivity contribution in [2.45, 2.75) is 58.4 Å². The third kappa shape index (κ3) is 4.83. The van der Waals surface area contributed by atoms with Gasteiger partial charge in [-0.15, -0.1) is 0 Å². The molecular formula is C29H33N3O4. The summed E-state index contributed by atoms with van der Waals surface area (Å²) < 4.78 is 6.74. The molecule has 0 N–H and O–H groups in total. The van der Waals surface area contributed by atoms with Gasteiger partial charge in [-0.3, -0.25) is 9.59 Å². The van der Waals surface area contributed by atoms with E-state index < -0.39 is 12.6 Å². The highest BCUT2D eigenvalue weighted by molar-refractivity contribution is 6.03. The van der Waals surface area contributed by atoms with Gasteiger partial charge < -0.3 is 9.64 Å². The van der Waals surface area contributed by atoms with Crippen LogP contribution in [0.5, 0.6) is 0 Å². The van der Waals surface area contributed by atoms with Crippen LogP contribution in [0.1, 0.15) is 62.5 Å². The average Bonchev–Trinajstić information content (AvgIpc) is 3.07. The monoisotopic (exact) mass is 487 g/mol. The van der Waals surface area contributed by atoms with Crippen molar-refractivity contribution >= 4 is 28.2 Å². The Morgan fingerprint density at radius 2 is 1.69 bits per heavy atom. The van der Waals surface area contributed by atoms with Gasteiger partial charge in [-0.1, -0.05) is 76.4 Å². The second kappa shape index (κ2) is 10.5. The SMILES string of the molecule is CCCCCCn1nc(C(=O)OCC(=O)C=C2N(C)c3ccccc3C2(C)C)c2ccccc2c1=O. The Kier molecular flexibility index (Phi) is 7.38. The minimum atomic E-state index is -0.720. The molecular weight excluding hydrogens is 454 g/mol. The van der Waals surface area contributed by atoms with Gasteiger partial charge in [0.15, 0.2) is 18.1 Å². The second-order valence-corrected chi connectivity index (χ2v) is 9.76. The topological polar surface area (TPSA) is 81.5 Å². The molecule has 3 aromatic rings. The quantitative estimate of drug-likeness (QED) is 0.240. The Morgan fingerprint density at radius 3 is 2.42 bits per heavy atom. The summed E-state index contributed by atoms with van der Waals surface area (Å²) in [6, 6.07) is 14.9. The maximum atomic E-state index is 13.0. The maximum Gasteiger partial charge on any atom is 0.359 e. The molecule has 0 unspecified atom stereocenters. The number of hydrogen-bond donors (Lipinski definition) is 0. The summed E-state index contributed by atoms with van der Waals surface area (Å²) in [4.78, 5) is 40.8. The van der Waals surface area contributed by atoms with Crippen LogP contribution in [0.3, 0.4) is 0 Å². The molecule has 36 heavy (non-hydrogen) atoms. The van der Waals surface area contributed by atoms with E-state index >= 15 is 0 Å². The van der Waals surface area contributed by atoms with E-state index in [9.17, 15) is 14.4 Å². The number of benzene rings is 2. The van der Waals surface area contributed by atoms with E-state index in [-0.39, 0.29) is 22.5 Å². The van der Waals surface area contributed by atoms with E-state index in [4.69, 9.17) is 4.74 Å². The molecule has 2 heterocycles. The van der Waals surface area contributed by atoms with Crippen LogP contribution in [0.15, 0.2) is 65.1 Å². The number of esters is 1. The van der Waals surface area contributed by atoms with Gasteiger partial charge in [0.05, 0.1) is 5.39 Å². The van der Waals surface area contributed by atoms with Gasteiger partial charge in [0.1, 0.15) is 0 Å². The molecule has 0 bridgehead atoms. The molecule has 1 aromatic heterocycles. The molecule has 0 spiro atoms.